The molecule has 0 spiro atoms. The molecule has 0 aromatic carbocycles. The summed E-state index contributed by atoms with van der Waals surface area (Å²) < 4.78 is 0. The van der Waals surface area contributed by atoms with E-state index in [1.165, 1.54) is 12.0 Å². The first-order valence-corrected chi connectivity index (χ1v) is 4.10. The van der Waals surface area contributed by atoms with Gasteiger partial charge in [0.2, 0.25) is 0 Å². The van der Waals surface area contributed by atoms with E-state index in [1.807, 2.05) is 26.1 Å². The van der Waals surface area contributed by atoms with Gasteiger partial charge in [-0.25, -0.2) is 0 Å². The van der Waals surface area contributed by atoms with Gasteiger partial charge in [-0.2, -0.15) is 0 Å². The van der Waals surface area contributed by atoms with Gasteiger partial charge in [0, 0.05) is 11.9 Å². The molecule has 0 aliphatic carbocycles. The van der Waals surface area contributed by atoms with Crippen molar-refractivity contribution in [3.8, 4) is 0 Å². The molecule has 0 unspecified atom stereocenters. The molecule has 62 valence electrons. The van der Waals surface area contributed by atoms with Crippen molar-refractivity contribution in [2.75, 3.05) is 0 Å². The van der Waals surface area contributed by atoms with Crippen LogP contribution in [0.1, 0.15) is 31.5 Å². The zero-order chi connectivity index (χ0) is 8.69. The van der Waals surface area contributed by atoms with Gasteiger partial charge in [0.05, 0.1) is 0 Å². The molecule has 1 aromatic heterocycles. The molecule has 1 heterocycles. The van der Waals surface area contributed by atoms with Crippen molar-refractivity contribution >= 4 is 0 Å². The second kappa shape index (κ2) is 5.90. The van der Waals surface area contributed by atoms with Gasteiger partial charge in [0.1, 0.15) is 0 Å². The fourth-order valence-electron chi connectivity index (χ4n) is 0.542. The maximum absolute atomic E-state index is 4.08. The van der Waals surface area contributed by atoms with Crippen LogP contribution in [0, 0.1) is 13.8 Å². The van der Waals surface area contributed by atoms with Crippen LogP contribution < -0.4 is 0 Å². The predicted molar refractivity (Wildman–Crippen MR) is 49.7 cm³/mol. The van der Waals surface area contributed by atoms with Crippen LogP contribution in [0.2, 0.25) is 0 Å². The first-order valence-electron chi connectivity index (χ1n) is 4.10. The van der Waals surface area contributed by atoms with Gasteiger partial charge in [-0.15, -0.1) is 0 Å². The molecule has 1 rings (SSSR count). The molecule has 0 aliphatic rings. The highest BCUT2D eigenvalue weighted by Crippen LogP contribution is 1.94. The normalized spacial score (nSPS) is 8.36. The molecule has 0 aliphatic heterocycles. The number of nitrogens with zero attached hydrogens (tertiary/aromatic N) is 1. The van der Waals surface area contributed by atoms with Crippen LogP contribution >= 0.6 is 0 Å². The van der Waals surface area contributed by atoms with Crippen LogP contribution in [0.25, 0.3) is 0 Å². The number of hydrogen-bond donors (Lipinski definition) is 0. The van der Waals surface area contributed by atoms with Gasteiger partial charge in [0.25, 0.3) is 0 Å². The van der Waals surface area contributed by atoms with E-state index in [-0.39, 0.29) is 0 Å². The topological polar surface area (TPSA) is 12.9 Å². The van der Waals surface area contributed by atoms with Gasteiger partial charge < -0.3 is 0 Å². The second-order valence-electron chi connectivity index (χ2n) is 2.68. The summed E-state index contributed by atoms with van der Waals surface area (Å²) in [6, 6.07) is 4.07. The molecule has 0 fully saturated rings. The highest BCUT2D eigenvalue weighted by atomic mass is 14.6. The molecule has 1 nitrogen and oxygen atoms in total. The van der Waals surface area contributed by atoms with Crippen LogP contribution in [-0.4, -0.2) is 4.98 Å². The third kappa shape index (κ3) is 5.59. The van der Waals surface area contributed by atoms with E-state index in [0.717, 1.165) is 5.69 Å². The van der Waals surface area contributed by atoms with E-state index >= 15 is 0 Å². The Morgan fingerprint density at radius 2 is 1.73 bits per heavy atom. The number of rotatable bonds is 0. The van der Waals surface area contributed by atoms with E-state index in [2.05, 4.69) is 24.9 Å². The minimum atomic E-state index is 1.08. The van der Waals surface area contributed by atoms with Crippen molar-refractivity contribution < 1.29 is 0 Å². The second-order valence-corrected chi connectivity index (χ2v) is 2.68. The summed E-state index contributed by atoms with van der Waals surface area (Å²) >= 11 is 0. The fourth-order valence-corrected chi connectivity index (χ4v) is 0.542. The molecule has 0 radical (unpaired) electrons. The highest BCUT2D eigenvalue weighted by Gasteiger charge is 1.81. The van der Waals surface area contributed by atoms with E-state index in [0.29, 0.717) is 0 Å². The summed E-state index contributed by atoms with van der Waals surface area (Å²) in [4.78, 5) is 4.08. The van der Waals surface area contributed by atoms with Crippen molar-refractivity contribution in [2.45, 2.75) is 34.1 Å². The third-order valence-electron chi connectivity index (χ3n) is 1.06. The Hall–Kier alpha value is -0.850. The summed E-state index contributed by atoms with van der Waals surface area (Å²) in [6.45, 7) is 8.27. The van der Waals surface area contributed by atoms with Gasteiger partial charge in [0.15, 0.2) is 0 Å². The zero-order valence-corrected chi connectivity index (χ0v) is 7.89. The van der Waals surface area contributed by atoms with E-state index in [1.54, 1.807) is 0 Å². The Labute approximate surface area is 69.5 Å². The van der Waals surface area contributed by atoms with Crippen molar-refractivity contribution in [3.63, 3.8) is 0 Å². The zero-order valence-electron chi connectivity index (χ0n) is 7.89. The van der Waals surface area contributed by atoms with Gasteiger partial charge in [-0.05, 0) is 25.5 Å². The summed E-state index contributed by atoms with van der Waals surface area (Å²) in [5.41, 5.74) is 2.30. The van der Waals surface area contributed by atoms with E-state index in [9.17, 15) is 0 Å². The van der Waals surface area contributed by atoms with E-state index in [4.69, 9.17) is 0 Å². The molecule has 0 atom stereocenters. The smallest absolute Gasteiger partial charge is 0.0372 e. The predicted octanol–water partition coefficient (Wildman–Crippen LogP) is 3.11. The first kappa shape index (κ1) is 10.2. The Kier molecular flexibility index (Phi) is 5.44. The molecule has 1 heteroatoms. The fraction of sp³-hybridized carbons (Fsp3) is 0.500. The lowest BCUT2D eigenvalue weighted by Gasteiger charge is -1.89. The largest absolute Gasteiger partial charge is 0.261 e. The maximum atomic E-state index is 4.08. The molecule has 0 amide bonds. The van der Waals surface area contributed by atoms with E-state index < -0.39 is 0 Å². The Bertz CT molecular complexity index is 156. The Morgan fingerprint density at radius 3 is 2.00 bits per heavy atom. The van der Waals surface area contributed by atoms with Crippen LogP contribution in [0.3, 0.4) is 0 Å². The lowest BCUT2D eigenvalue weighted by atomic mass is 10.3. The molecule has 0 saturated carbocycles. The average Bonchev–Trinajstić information content (AvgIpc) is 1.97. The molecule has 0 saturated heterocycles. The quantitative estimate of drug-likeness (QED) is 0.555. The minimum absolute atomic E-state index is 1.08. The summed E-state index contributed by atoms with van der Waals surface area (Å²) in [5, 5.41) is 0. The van der Waals surface area contributed by atoms with Crippen molar-refractivity contribution in [3.05, 3.63) is 29.6 Å². The number of aromatic nitrogens is 1. The number of hydrogen-bond acceptors (Lipinski definition) is 1. The molecule has 11 heavy (non-hydrogen) atoms. The highest BCUT2D eigenvalue weighted by molar-refractivity contribution is 5.10. The maximum Gasteiger partial charge on any atom is 0.0372 e. The monoisotopic (exact) mass is 151 g/mol. The number of pyridine rings is 1. The third-order valence-corrected chi connectivity index (χ3v) is 1.06. The Balaban J connectivity index is 0.000000292. The molecular formula is C10H17N. The first-order chi connectivity index (χ1) is 5.20. The molecule has 0 N–H and O–H groups in total. The summed E-state index contributed by atoms with van der Waals surface area (Å²) in [5.74, 6) is 0. The molecular weight excluding hydrogens is 134 g/mol. The van der Waals surface area contributed by atoms with Crippen molar-refractivity contribution in [1.29, 1.82) is 0 Å². The van der Waals surface area contributed by atoms with Crippen molar-refractivity contribution in [1.82, 2.24) is 4.98 Å². The average molecular weight is 151 g/mol. The van der Waals surface area contributed by atoms with Gasteiger partial charge in [-0.1, -0.05) is 26.3 Å². The summed E-state index contributed by atoms with van der Waals surface area (Å²) in [7, 11) is 0. The van der Waals surface area contributed by atoms with Crippen LogP contribution in [0.15, 0.2) is 18.3 Å². The standard InChI is InChI=1S/C7H9N.C3H8/c1-6-3-4-7(2)8-5-6;1-3-2/h3-5H,1-2H3;3H2,1-2H3. The lowest BCUT2D eigenvalue weighted by Crippen LogP contribution is -1.78. The molecule has 0 bridgehead atoms. The SMILES string of the molecule is CCC.Cc1ccc(C)nc1. The Morgan fingerprint density at radius 1 is 1.18 bits per heavy atom. The molecule has 1 aromatic rings. The lowest BCUT2D eigenvalue weighted by molar-refractivity contribution is 1.09. The number of aryl methyl sites for hydroxylation is 2. The van der Waals surface area contributed by atoms with Gasteiger partial charge in [-0.3, -0.25) is 4.98 Å². The van der Waals surface area contributed by atoms with Crippen molar-refractivity contribution in [2.24, 2.45) is 0 Å². The van der Waals surface area contributed by atoms with Gasteiger partial charge >= 0.3 is 0 Å². The van der Waals surface area contributed by atoms with Crippen LogP contribution in [-0.2, 0) is 0 Å². The van der Waals surface area contributed by atoms with Crippen LogP contribution in [0.4, 0.5) is 0 Å². The summed E-state index contributed by atoms with van der Waals surface area (Å²) in [6.07, 6.45) is 3.12. The minimum Gasteiger partial charge on any atom is -0.261 e. The van der Waals surface area contributed by atoms with Crippen LogP contribution in [0.5, 0.6) is 0 Å².